The summed E-state index contributed by atoms with van der Waals surface area (Å²) in [6.45, 7) is 11.2. The van der Waals surface area contributed by atoms with Crippen LogP contribution >= 0.6 is 11.8 Å². The van der Waals surface area contributed by atoms with Crippen molar-refractivity contribution in [2.24, 2.45) is 0 Å². The number of hydrogen-bond acceptors (Lipinski definition) is 10. The van der Waals surface area contributed by atoms with Crippen LogP contribution in [0.15, 0.2) is 28.7 Å². The van der Waals surface area contributed by atoms with E-state index in [1.54, 1.807) is 23.9 Å². The Morgan fingerprint density at radius 3 is 2.30 bits per heavy atom. The second-order valence-electron chi connectivity index (χ2n) is 10.5. The van der Waals surface area contributed by atoms with E-state index in [2.05, 4.69) is 67.4 Å². The molecule has 0 aliphatic carbocycles. The van der Waals surface area contributed by atoms with Gasteiger partial charge >= 0.3 is 0 Å². The zero-order valence-corrected chi connectivity index (χ0v) is 25.0. The SMILES string of the molecule is COc1nc(NCCSCCO)nc(OC)c1NC(=O)c1ccc(Cc2cc3c(cc2C)C(C)(C)OC3(C)C)o1. The molecule has 0 bridgehead atoms. The van der Waals surface area contributed by atoms with Gasteiger partial charge < -0.3 is 34.4 Å². The molecule has 2 aromatic heterocycles. The third-order valence-corrected chi connectivity index (χ3v) is 7.73. The van der Waals surface area contributed by atoms with Gasteiger partial charge in [-0.15, -0.1) is 0 Å². The summed E-state index contributed by atoms with van der Waals surface area (Å²) in [7, 11) is 2.91. The minimum Gasteiger partial charge on any atom is -0.479 e. The first-order valence-corrected chi connectivity index (χ1v) is 14.3. The summed E-state index contributed by atoms with van der Waals surface area (Å²) in [5.41, 5.74) is 4.09. The molecule has 0 fully saturated rings. The number of rotatable bonds is 12. The van der Waals surface area contributed by atoms with Gasteiger partial charge in [0.15, 0.2) is 11.4 Å². The number of nitrogens with one attached hydrogen (secondary N) is 2. The number of amides is 1. The standard InChI is InChI=1S/C29H38N4O6S/c1-17-14-20-21(29(4,5)39-28(20,2)3)16-18(17)15-19-8-9-22(38-19)24(35)31-23-25(36-6)32-27(33-26(23)37-7)30-10-12-40-13-11-34/h8-9,14,16,34H,10-13,15H2,1-7H3,(H,31,35)(H,30,32,33). The van der Waals surface area contributed by atoms with Crippen LogP contribution in [0.2, 0.25) is 0 Å². The van der Waals surface area contributed by atoms with Gasteiger partial charge in [0.2, 0.25) is 17.7 Å². The molecule has 3 aromatic rings. The molecular formula is C29H38N4O6S. The van der Waals surface area contributed by atoms with Gasteiger partial charge in [-0.1, -0.05) is 12.1 Å². The van der Waals surface area contributed by atoms with Crippen molar-refractivity contribution in [3.05, 3.63) is 58.0 Å². The Balaban J connectivity index is 1.49. The quantitative estimate of drug-likeness (QED) is 0.259. The number of carbonyl (C=O) groups is 1. The van der Waals surface area contributed by atoms with E-state index >= 15 is 0 Å². The van der Waals surface area contributed by atoms with Gasteiger partial charge in [0.25, 0.3) is 5.91 Å². The molecule has 0 saturated carbocycles. The van der Waals surface area contributed by atoms with Crippen molar-refractivity contribution in [2.75, 3.05) is 49.5 Å². The number of aliphatic hydroxyl groups is 1. The lowest BCUT2D eigenvalue weighted by molar-refractivity contribution is -0.105. The molecule has 0 unspecified atom stereocenters. The van der Waals surface area contributed by atoms with Crippen molar-refractivity contribution >= 4 is 29.3 Å². The highest BCUT2D eigenvalue weighted by atomic mass is 32.2. The number of fused-ring (bicyclic) bond motifs is 1. The van der Waals surface area contributed by atoms with Crippen LogP contribution < -0.4 is 20.1 Å². The Kier molecular flexibility index (Phi) is 8.96. The van der Waals surface area contributed by atoms with Gasteiger partial charge in [0, 0.05) is 24.5 Å². The lowest BCUT2D eigenvalue weighted by Crippen LogP contribution is -2.22. The third kappa shape index (κ3) is 6.37. The summed E-state index contributed by atoms with van der Waals surface area (Å²) in [5, 5.41) is 14.8. The highest BCUT2D eigenvalue weighted by Gasteiger charge is 2.43. The van der Waals surface area contributed by atoms with Gasteiger partial charge in [-0.25, -0.2) is 0 Å². The molecule has 1 aromatic carbocycles. The monoisotopic (exact) mass is 570 g/mol. The van der Waals surface area contributed by atoms with Crippen molar-refractivity contribution in [3.63, 3.8) is 0 Å². The number of methoxy groups -OCH3 is 2. The van der Waals surface area contributed by atoms with Crippen molar-refractivity contribution in [1.29, 1.82) is 0 Å². The van der Waals surface area contributed by atoms with E-state index in [0.717, 1.165) is 16.9 Å². The first-order valence-electron chi connectivity index (χ1n) is 13.2. The van der Waals surface area contributed by atoms with Crippen molar-refractivity contribution < 1.29 is 28.5 Å². The van der Waals surface area contributed by atoms with E-state index in [1.165, 1.54) is 25.3 Å². The number of aromatic nitrogens is 2. The molecule has 0 radical (unpaired) electrons. The summed E-state index contributed by atoms with van der Waals surface area (Å²) in [6, 6.07) is 7.83. The highest BCUT2D eigenvalue weighted by Crippen LogP contribution is 2.47. The lowest BCUT2D eigenvalue weighted by Gasteiger charge is -2.24. The number of aliphatic hydroxyl groups excluding tert-OH is 1. The maximum Gasteiger partial charge on any atom is 0.291 e. The Morgan fingerprint density at radius 2 is 1.68 bits per heavy atom. The van der Waals surface area contributed by atoms with Crippen LogP contribution in [0.3, 0.4) is 0 Å². The minimum absolute atomic E-state index is 0.133. The number of carbonyl (C=O) groups excluding carboxylic acids is 1. The van der Waals surface area contributed by atoms with Crippen LogP contribution in [0.1, 0.15) is 66.3 Å². The molecular weight excluding hydrogens is 532 g/mol. The number of hydrogen-bond donors (Lipinski definition) is 3. The molecule has 0 spiro atoms. The molecule has 4 rings (SSSR count). The third-order valence-electron chi connectivity index (χ3n) is 6.77. The van der Waals surface area contributed by atoms with Gasteiger partial charge in [0.1, 0.15) is 5.76 Å². The van der Waals surface area contributed by atoms with Crippen LogP contribution in [0.5, 0.6) is 11.8 Å². The molecule has 0 atom stereocenters. The maximum absolute atomic E-state index is 13.1. The fraction of sp³-hybridized carbons (Fsp3) is 0.483. The fourth-order valence-corrected chi connectivity index (χ4v) is 5.53. The summed E-state index contributed by atoms with van der Waals surface area (Å²) < 4.78 is 23.1. The van der Waals surface area contributed by atoms with E-state index in [1.807, 2.05) is 0 Å². The second kappa shape index (κ2) is 12.1. The summed E-state index contributed by atoms with van der Waals surface area (Å²) in [6.07, 6.45) is 0.537. The molecule has 0 saturated heterocycles. The Morgan fingerprint density at radius 1 is 1.02 bits per heavy atom. The number of benzene rings is 1. The van der Waals surface area contributed by atoms with Crippen LogP contribution in [0.4, 0.5) is 11.6 Å². The van der Waals surface area contributed by atoms with Gasteiger partial charge in [0.05, 0.1) is 32.0 Å². The molecule has 1 aliphatic heterocycles. The smallest absolute Gasteiger partial charge is 0.291 e. The molecule has 40 heavy (non-hydrogen) atoms. The number of ether oxygens (including phenoxy) is 3. The predicted octanol–water partition coefficient (Wildman–Crippen LogP) is 4.88. The van der Waals surface area contributed by atoms with E-state index in [-0.39, 0.29) is 41.0 Å². The van der Waals surface area contributed by atoms with Gasteiger partial charge in [-0.2, -0.15) is 21.7 Å². The van der Waals surface area contributed by atoms with Crippen molar-refractivity contribution in [1.82, 2.24) is 9.97 Å². The number of anilines is 2. The van der Waals surface area contributed by atoms with Crippen LogP contribution in [-0.2, 0) is 22.4 Å². The number of nitrogens with zero attached hydrogens (tertiary/aromatic N) is 2. The number of furan rings is 1. The van der Waals surface area contributed by atoms with Gasteiger partial charge in [-0.05, 0) is 69.0 Å². The Hall–Kier alpha value is -3.28. The largest absolute Gasteiger partial charge is 0.479 e. The molecule has 1 amide bonds. The second-order valence-corrected chi connectivity index (χ2v) is 11.8. The topological polar surface area (TPSA) is 128 Å². The lowest BCUT2D eigenvalue weighted by atomic mass is 9.86. The predicted molar refractivity (Wildman–Crippen MR) is 156 cm³/mol. The average Bonchev–Trinajstić information content (AvgIpc) is 3.44. The Labute approximate surface area is 239 Å². The van der Waals surface area contributed by atoms with Gasteiger partial charge in [-0.3, -0.25) is 4.79 Å². The first kappa shape index (κ1) is 29.7. The molecule has 216 valence electrons. The van der Waals surface area contributed by atoms with Crippen molar-refractivity contribution in [3.8, 4) is 11.8 Å². The molecule has 11 heteroatoms. The molecule has 3 heterocycles. The summed E-state index contributed by atoms with van der Waals surface area (Å²) in [5.74, 6) is 2.37. The summed E-state index contributed by atoms with van der Waals surface area (Å²) in [4.78, 5) is 21.8. The number of thioether (sulfide) groups is 1. The van der Waals surface area contributed by atoms with Crippen LogP contribution in [0.25, 0.3) is 0 Å². The van der Waals surface area contributed by atoms with Crippen LogP contribution in [-0.4, -0.2) is 59.9 Å². The van der Waals surface area contributed by atoms with Crippen molar-refractivity contribution in [2.45, 2.75) is 52.2 Å². The van der Waals surface area contributed by atoms with E-state index in [9.17, 15) is 4.79 Å². The minimum atomic E-state index is -0.477. The van der Waals surface area contributed by atoms with E-state index in [4.69, 9.17) is 23.7 Å². The fourth-order valence-electron chi connectivity index (χ4n) is 4.95. The molecule has 10 nitrogen and oxygen atoms in total. The van der Waals surface area contributed by atoms with Crippen LogP contribution in [0, 0.1) is 6.92 Å². The normalized spacial score (nSPS) is 15.0. The first-order chi connectivity index (χ1) is 19.0. The zero-order chi connectivity index (χ0) is 29.1. The van der Waals surface area contributed by atoms with E-state index < -0.39 is 5.91 Å². The molecule has 1 aliphatic rings. The molecule has 3 N–H and O–H groups in total. The zero-order valence-electron chi connectivity index (χ0n) is 24.1. The Bertz CT molecular complexity index is 1350. The number of aryl methyl sites for hydroxylation is 1. The van der Waals surface area contributed by atoms with E-state index in [0.29, 0.717) is 30.4 Å². The average molecular weight is 571 g/mol. The summed E-state index contributed by atoms with van der Waals surface area (Å²) >= 11 is 1.61. The highest BCUT2D eigenvalue weighted by molar-refractivity contribution is 7.99. The maximum atomic E-state index is 13.1.